The van der Waals surface area contributed by atoms with Gasteiger partial charge in [-0.25, -0.2) is 0 Å². The Bertz CT molecular complexity index is 291. The number of rotatable bonds is 9. The van der Waals surface area contributed by atoms with Crippen molar-refractivity contribution < 1.29 is 0 Å². The highest BCUT2D eigenvalue weighted by Crippen LogP contribution is 2.36. The Morgan fingerprint density at radius 1 is 0.944 bits per heavy atom. The van der Waals surface area contributed by atoms with Crippen LogP contribution < -0.4 is 0 Å². The van der Waals surface area contributed by atoms with E-state index < -0.39 is 0 Å². The molecular formula is C18H32. The Morgan fingerprint density at radius 3 is 2.11 bits per heavy atom. The summed E-state index contributed by atoms with van der Waals surface area (Å²) in [5.74, 6) is 0.713. The fourth-order valence-corrected chi connectivity index (χ4v) is 2.98. The smallest absolute Gasteiger partial charge is 0.0127 e. The van der Waals surface area contributed by atoms with Crippen molar-refractivity contribution in [1.29, 1.82) is 0 Å². The monoisotopic (exact) mass is 248 g/mol. The molecule has 1 rings (SSSR count). The summed E-state index contributed by atoms with van der Waals surface area (Å²) in [6.07, 6.45) is 14.7. The van der Waals surface area contributed by atoms with Crippen LogP contribution in [-0.4, -0.2) is 0 Å². The first-order chi connectivity index (χ1) is 8.70. The van der Waals surface area contributed by atoms with Crippen LogP contribution >= 0.6 is 0 Å². The molecule has 0 heteroatoms. The molecule has 0 fully saturated rings. The second-order valence-electron chi connectivity index (χ2n) is 6.01. The molecule has 0 spiro atoms. The van der Waals surface area contributed by atoms with Crippen molar-refractivity contribution in [3.63, 3.8) is 0 Å². The van der Waals surface area contributed by atoms with Crippen molar-refractivity contribution in [3.05, 3.63) is 22.8 Å². The third kappa shape index (κ3) is 4.63. The maximum absolute atomic E-state index is 2.51. The summed E-state index contributed by atoms with van der Waals surface area (Å²) in [7, 11) is 0. The number of hydrogen-bond acceptors (Lipinski definition) is 0. The summed E-state index contributed by atoms with van der Waals surface area (Å²) in [5, 5.41) is 0. The van der Waals surface area contributed by atoms with Crippen LogP contribution in [0.5, 0.6) is 0 Å². The minimum Gasteiger partial charge on any atom is -0.0767 e. The van der Waals surface area contributed by atoms with E-state index in [9.17, 15) is 0 Å². The van der Waals surface area contributed by atoms with Crippen molar-refractivity contribution in [1.82, 2.24) is 0 Å². The zero-order valence-electron chi connectivity index (χ0n) is 13.0. The van der Waals surface area contributed by atoms with E-state index in [4.69, 9.17) is 0 Å². The van der Waals surface area contributed by atoms with Crippen LogP contribution in [0.1, 0.15) is 85.5 Å². The fourth-order valence-electron chi connectivity index (χ4n) is 2.98. The average Bonchev–Trinajstić information content (AvgIpc) is 2.73. The van der Waals surface area contributed by atoms with Crippen molar-refractivity contribution in [2.75, 3.05) is 0 Å². The number of unbranched alkanes of at least 4 members (excludes halogenated alkanes) is 4. The summed E-state index contributed by atoms with van der Waals surface area (Å²) in [5.41, 5.74) is 5.18. The van der Waals surface area contributed by atoms with E-state index in [1.54, 1.807) is 16.7 Å². The topological polar surface area (TPSA) is 0 Å². The van der Waals surface area contributed by atoms with Crippen molar-refractivity contribution in [3.8, 4) is 0 Å². The lowest BCUT2D eigenvalue weighted by Gasteiger charge is -2.15. The second-order valence-corrected chi connectivity index (χ2v) is 6.01. The van der Waals surface area contributed by atoms with Crippen LogP contribution in [0.4, 0.5) is 0 Å². The molecule has 0 bridgehead atoms. The molecule has 0 heterocycles. The van der Waals surface area contributed by atoms with Crippen LogP contribution in [0, 0.1) is 5.92 Å². The predicted molar refractivity (Wildman–Crippen MR) is 82.8 cm³/mol. The van der Waals surface area contributed by atoms with Gasteiger partial charge in [-0.2, -0.15) is 0 Å². The first-order valence-corrected chi connectivity index (χ1v) is 8.12. The lowest BCUT2D eigenvalue weighted by Crippen LogP contribution is -1.98. The summed E-state index contributed by atoms with van der Waals surface area (Å²) in [6.45, 7) is 9.29. The molecule has 0 aromatic carbocycles. The van der Waals surface area contributed by atoms with Gasteiger partial charge < -0.3 is 0 Å². The second kappa shape index (κ2) is 8.56. The average molecular weight is 248 g/mol. The Labute approximate surface area is 115 Å². The van der Waals surface area contributed by atoms with Gasteiger partial charge in [0, 0.05) is 0 Å². The van der Waals surface area contributed by atoms with Gasteiger partial charge in [-0.1, -0.05) is 65.0 Å². The molecule has 0 aromatic rings. The molecule has 0 saturated carbocycles. The molecule has 0 unspecified atom stereocenters. The van der Waals surface area contributed by atoms with E-state index in [-0.39, 0.29) is 0 Å². The first-order valence-electron chi connectivity index (χ1n) is 8.12. The molecule has 0 nitrogen and oxygen atoms in total. The fraction of sp³-hybridized carbons (Fsp3) is 0.778. The Hall–Kier alpha value is -0.520. The molecule has 0 amide bonds. The van der Waals surface area contributed by atoms with Gasteiger partial charge in [0.2, 0.25) is 0 Å². The van der Waals surface area contributed by atoms with Crippen LogP contribution in [0.25, 0.3) is 0 Å². The van der Waals surface area contributed by atoms with E-state index >= 15 is 0 Å². The molecule has 0 aliphatic heterocycles. The quantitative estimate of drug-likeness (QED) is 0.412. The van der Waals surface area contributed by atoms with Gasteiger partial charge in [-0.05, 0) is 49.2 Å². The molecule has 18 heavy (non-hydrogen) atoms. The molecule has 0 saturated heterocycles. The number of hydrogen-bond donors (Lipinski definition) is 0. The van der Waals surface area contributed by atoms with Crippen LogP contribution in [0.3, 0.4) is 0 Å². The standard InChI is InChI=1S/C18H32/c1-5-7-9-11-16-13-14-17(15(3)4)18(16)12-10-8-6-2/h14-15H,5-13H2,1-4H3. The van der Waals surface area contributed by atoms with Crippen molar-refractivity contribution in [2.45, 2.75) is 85.5 Å². The molecule has 1 aliphatic rings. The van der Waals surface area contributed by atoms with Crippen LogP contribution in [-0.2, 0) is 0 Å². The molecule has 0 radical (unpaired) electrons. The van der Waals surface area contributed by atoms with Crippen molar-refractivity contribution >= 4 is 0 Å². The van der Waals surface area contributed by atoms with E-state index in [0.717, 1.165) is 0 Å². The highest BCUT2D eigenvalue weighted by molar-refractivity contribution is 5.43. The summed E-state index contributed by atoms with van der Waals surface area (Å²) >= 11 is 0. The van der Waals surface area contributed by atoms with Gasteiger partial charge >= 0.3 is 0 Å². The maximum Gasteiger partial charge on any atom is -0.0127 e. The molecule has 0 N–H and O–H groups in total. The lowest BCUT2D eigenvalue weighted by molar-refractivity contribution is 0.677. The Balaban J connectivity index is 2.61. The van der Waals surface area contributed by atoms with Gasteiger partial charge in [0.15, 0.2) is 0 Å². The van der Waals surface area contributed by atoms with E-state index in [0.29, 0.717) is 5.92 Å². The Morgan fingerprint density at radius 2 is 1.56 bits per heavy atom. The zero-order chi connectivity index (χ0) is 13.4. The highest BCUT2D eigenvalue weighted by Gasteiger charge is 2.18. The normalized spacial score (nSPS) is 15.7. The zero-order valence-corrected chi connectivity index (χ0v) is 13.0. The van der Waals surface area contributed by atoms with E-state index in [1.807, 2.05) is 0 Å². The first kappa shape index (κ1) is 15.5. The molecule has 0 atom stereocenters. The largest absolute Gasteiger partial charge is 0.0767 e. The van der Waals surface area contributed by atoms with Crippen LogP contribution in [0.15, 0.2) is 22.8 Å². The van der Waals surface area contributed by atoms with E-state index in [1.165, 1.54) is 57.8 Å². The molecule has 104 valence electrons. The summed E-state index contributed by atoms with van der Waals surface area (Å²) < 4.78 is 0. The molecule has 1 aliphatic carbocycles. The minimum absolute atomic E-state index is 0.713. The molecule has 0 aromatic heterocycles. The van der Waals surface area contributed by atoms with Gasteiger partial charge in [-0.15, -0.1) is 0 Å². The lowest BCUT2D eigenvalue weighted by atomic mass is 9.91. The number of allylic oxidation sites excluding steroid dienone is 4. The van der Waals surface area contributed by atoms with Crippen molar-refractivity contribution in [2.24, 2.45) is 5.92 Å². The third-order valence-electron chi connectivity index (χ3n) is 4.08. The van der Waals surface area contributed by atoms with Crippen LogP contribution in [0.2, 0.25) is 0 Å². The minimum atomic E-state index is 0.713. The SMILES string of the molecule is CCCCCC1=C(CCCCC)C(C(C)C)=CC1. The molecular weight excluding hydrogens is 216 g/mol. The van der Waals surface area contributed by atoms with E-state index in [2.05, 4.69) is 33.8 Å². The van der Waals surface area contributed by atoms with Gasteiger partial charge in [-0.3, -0.25) is 0 Å². The maximum atomic E-state index is 2.51. The van der Waals surface area contributed by atoms with Gasteiger partial charge in [0.1, 0.15) is 0 Å². The predicted octanol–water partition coefficient (Wildman–Crippen LogP) is 6.43. The third-order valence-corrected chi connectivity index (χ3v) is 4.08. The summed E-state index contributed by atoms with van der Waals surface area (Å²) in [6, 6.07) is 0. The van der Waals surface area contributed by atoms with Gasteiger partial charge in [0.25, 0.3) is 0 Å². The highest BCUT2D eigenvalue weighted by atomic mass is 14.2. The van der Waals surface area contributed by atoms with Gasteiger partial charge in [0.05, 0.1) is 0 Å². The Kier molecular flexibility index (Phi) is 7.39. The summed E-state index contributed by atoms with van der Waals surface area (Å²) in [4.78, 5) is 0.